The third kappa shape index (κ3) is 5.66. The average Bonchev–Trinajstić information content (AvgIpc) is 2.72. The van der Waals surface area contributed by atoms with Gasteiger partial charge >= 0.3 is 0 Å². The van der Waals surface area contributed by atoms with Crippen LogP contribution in [0.2, 0.25) is 0 Å². The van der Waals surface area contributed by atoms with Crippen LogP contribution in [0.1, 0.15) is 12.6 Å². The van der Waals surface area contributed by atoms with Gasteiger partial charge in [-0.3, -0.25) is 19.3 Å². The van der Waals surface area contributed by atoms with Crippen molar-refractivity contribution < 1.29 is 23.1 Å². The Kier molecular flexibility index (Phi) is 7.01. The van der Waals surface area contributed by atoms with Crippen LogP contribution in [0.15, 0.2) is 35.3 Å². The minimum Gasteiger partial charge on any atom is -0.491 e. The minimum absolute atomic E-state index is 0.0192. The van der Waals surface area contributed by atoms with Crippen molar-refractivity contribution in [3.8, 4) is 5.75 Å². The van der Waals surface area contributed by atoms with Gasteiger partial charge in [-0.15, -0.1) is 0 Å². The summed E-state index contributed by atoms with van der Waals surface area (Å²) in [5.74, 6) is -2.07. The number of carbonyl (C=O) groups excluding carboxylic acids is 2. The topological polar surface area (TPSA) is 83.9 Å². The number of amides is 2. The lowest BCUT2D eigenvalue weighted by Gasteiger charge is -2.34. The lowest BCUT2D eigenvalue weighted by molar-refractivity contribution is -0.130. The van der Waals surface area contributed by atoms with Crippen molar-refractivity contribution in [1.82, 2.24) is 14.4 Å². The highest BCUT2D eigenvalue weighted by molar-refractivity contribution is 5.90. The van der Waals surface area contributed by atoms with Crippen LogP contribution in [0, 0.1) is 11.6 Å². The number of ether oxygens (including phenoxy) is 1. The van der Waals surface area contributed by atoms with Gasteiger partial charge in [0.15, 0.2) is 5.75 Å². The van der Waals surface area contributed by atoms with E-state index in [1.165, 1.54) is 26.3 Å². The molecule has 1 aliphatic rings. The molecular formula is C21H24F2N4O4. The molecule has 1 N–H and O–H groups in total. The number of hydrogen-bond acceptors (Lipinski definition) is 5. The van der Waals surface area contributed by atoms with Crippen LogP contribution in [0.5, 0.6) is 5.75 Å². The van der Waals surface area contributed by atoms with Gasteiger partial charge in [0.05, 0.1) is 19.0 Å². The Morgan fingerprint density at radius 1 is 1.13 bits per heavy atom. The zero-order valence-electron chi connectivity index (χ0n) is 17.4. The van der Waals surface area contributed by atoms with Crippen molar-refractivity contribution in [1.29, 1.82) is 0 Å². The van der Waals surface area contributed by atoms with E-state index in [1.54, 1.807) is 9.47 Å². The second kappa shape index (κ2) is 9.69. The van der Waals surface area contributed by atoms with E-state index in [-0.39, 0.29) is 29.3 Å². The molecule has 1 aromatic heterocycles. The zero-order chi connectivity index (χ0) is 22.5. The number of anilines is 1. The molecule has 0 saturated carbocycles. The predicted octanol–water partition coefficient (Wildman–Crippen LogP) is 1.44. The monoisotopic (exact) mass is 434 g/mol. The van der Waals surface area contributed by atoms with Crippen LogP contribution >= 0.6 is 0 Å². The quantitative estimate of drug-likeness (QED) is 0.744. The maximum atomic E-state index is 13.8. The van der Waals surface area contributed by atoms with Crippen LogP contribution < -0.4 is 15.5 Å². The SMILES string of the molecule is COc1cn(CC(=O)Nc2ccc(F)cc2F)c(CN2CCN(C(C)=O)CC2)cc1=O. The first-order valence-electron chi connectivity index (χ1n) is 9.77. The van der Waals surface area contributed by atoms with Crippen LogP contribution in [-0.2, 0) is 22.7 Å². The molecule has 1 aliphatic heterocycles. The summed E-state index contributed by atoms with van der Waals surface area (Å²) >= 11 is 0. The Hall–Kier alpha value is -3.27. The number of benzene rings is 1. The third-order valence-corrected chi connectivity index (χ3v) is 5.12. The van der Waals surface area contributed by atoms with E-state index in [1.807, 2.05) is 0 Å². The van der Waals surface area contributed by atoms with Crippen LogP contribution in [0.3, 0.4) is 0 Å². The maximum absolute atomic E-state index is 13.8. The standard InChI is InChI=1S/C21H24F2N4O4/c1-14(28)26-7-5-25(6-8-26)11-16-10-19(29)20(31-2)12-27(16)13-21(30)24-18-4-3-15(22)9-17(18)23/h3-4,9-10,12H,5-8,11,13H2,1-2H3,(H,24,30). The van der Waals surface area contributed by atoms with E-state index < -0.39 is 17.5 Å². The molecule has 8 nitrogen and oxygen atoms in total. The molecule has 2 heterocycles. The summed E-state index contributed by atoms with van der Waals surface area (Å²) in [6.45, 7) is 4.15. The molecule has 2 amide bonds. The predicted molar refractivity (Wildman–Crippen MR) is 110 cm³/mol. The zero-order valence-corrected chi connectivity index (χ0v) is 17.4. The first kappa shape index (κ1) is 22.4. The molecule has 0 atom stereocenters. The summed E-state index contributed by atoms with van der Waals surface area (Å²) in [7, 11) is 1.36. The van der Waals surface area contributed by atoms with Gasteiger partial charge in [0.2, 0.25) is 17.2 Å². The summed E-state index contributed by atoms with van der Waals surface area (Å²) < 4.78 is 33.6. The number of pyridine rings is 1. The van der Waals surface area contributed by atoms with Gasteiger partial charge in [0, 0.05) is 57.5 Å². The Morgan fingerprint density at radius 3 is 2.45 bits per heavy atom. The Balaban J connectivity index is 1.76. The fraction of sp³-hybridized carbons (Fsp3) is 0.381. The van der Waals surface area contributed by atoms with Gasteiger partial charge in [0.1, 0.15) is 18.2 Å². The number of nitrogens with one attached hydrogen (secondary N) is 1. The molecule has 31 heavy (non-hydrogen) atoms. The molecule has 1 aromatic carbocycles. The Labute approximate surface area is 178 Å². The van der Waals surface area contributed by atoms with E-state index in [0.717, 1.165) is 12.1 Å². The highest BCUT2D eigenvalue weighted by Crippen LogP contribution is 2.16. The van der Waals surface area contributed by atoms with Gasteiger partial charge in [-0.1, -0.05) is 0 Å². The molecule has 0 bridgehead atoms. The van der Waals surface area contributed by atoms with Crippen molar-refractivity contribution in [2.24, 2.45) is 0 Å². The first-order valence-corrected chi connectivity index (χ1v) is 9.77. The summed E-state index contributed by atoms with van der Waals surface area (Å²) in [5, 5.41) is 2.41. The van der Waals surface area contributed by atoms with Crippen molar-refractivity contribution >= 4 is 17.5 Å². The molecule has 3 rings (SSSR count). The molecule has 0 unspecified atom stereocenters. The van der Waals surface area contributed by atoms with Gasteiger partial charge in [-0.2, -0.15) is 0 Å². The molecule has 0 aliphatic carbocycles. The molecule has 166 valence electrons. The van der Waals surface area contributed by atoms with E-state index in [2.05, 4.69) is 10.2 Å². The smallest absolute Gasteiger partial charge is 0.244 e. The van der Waals surface area contributed by atoms with Crippen molar-refractivity contribution in [2.45, 2.75) is 20.0 Å². The first-order chi connectivity index (χ1) is 14.8. The van der Waals surface area contributed by atoms with Gasteiger partial charge in [0.25, 0.3) is 0 Å². The highest BCUT2D eigenvalue weighted by Gasteiger charge is 2.20. The van der Waals surface area contributed by atoms with Gasteiger partial charge < -0.3 is 19.5 Å². The van der Waals surface area contributed by atoms with E-state index in [0.29, 0.717) is 44.5 Å². The third-order valence-electron chi connectivity index (χ3n) is 5.12. The molecule has 10 heteroatoms. The minimum atomic E-state index is -0.880. The van der Waals surface area contributed by atoms with Crippen molar-refractivity contribution in [3.05, 3.63) is 58.0 Å². The molecule has 2 aromatic rings. The largest absolute Gasteiger partial charge is 0.491 e. The summed E-state index contributed by atoms with van der Waals surface area (Å²) in [5.41, 5.74) is 0.124. The molecule has 1 fully saturated rings. The average molecular weight is 434 g/mol. The molecule has 1 saturated heterocycles. The normalized spacial score (nSPS) is 14.4. The maximum Gasteiger partial charge on any atom is 0.244 e. The second-order valence-electron chi connectivity index (χ2n) is 7.28. The number of rotatable bonds is 6. The van der Waals surface area contributed by atoms with Crippen LogP contribution in [0.4, 0.5) is 14.5 Å². The Bertz CT molecular complexity index is 1030. The fourth-order valence-corrected chi connectivity index (χ4v) is 3.42. The highest BCUT2D eigenvalue weighted by atomic mass is 19.1. The number of piperazine rings is 1. The molecular weight excluding hydrogens is 410 g/mol. The molecule has 0 radical (unpaired) electrons. The Morgan fingerprint density at radius 2 is 1.84 bits per heavy atom. The summed E-state index contributed by atoms with van der Waals surface area (Å²) in [6, 6.07) is 4.28. The molecule has 0 spiro atoms. The lowest BCUT2D eigenvalue weighted by Crippen LogP contribution is -2.47. The number of halogens is 2. The van der Waals surface area contributed by atoms with Crippen molar-refractivity contribution in [3.63, 3.8) is 0 Å². The summed E-state index contributed by atoms with van der Waals surface area (Å²) in [6.07, 6.45) is 1.43. The number of aromatic nitrogens is 1. The van der Waals surface area contributed by atoms with E-state index >= 15 is 0 Å². The van der Waals surface area contributed by atoms with Crippen LogP contribution in [-0.4, -0.2) is 59.5 Å². The number of methoxy groups -OCH3 is 1. The van der Waals surface area contributed by atoms with E-state index in [4.69, 9.17) is 4.74 Å². The fourth-order valence-electron chi connectivity index (χ4n) is 3.42. The number of carbonyl (C=O) groups is 2. The van der Waals surface area contributed by atoms with Crippen LogP contribution in [0.25, 0.3) is 0 Å². The lowest BCUT2D eigenvalue weighted by atomic mass is 10.2. The number of hydrogen-bond donors (Lipinski definition) is 1. The van der Waals surface area contributed by atoms with Gasteiger partial charge in [-0.05, 0) is 12.1 Å². The second-order valence-corrected chi connectivity index (χ2v) is 7.28. The summed E-state index contributed by atoms with van der Waals surface area (Å²) in [4.78, 5) is 40.1. The number of nitrogens with zero attached hydrogens (tertiary/aromatic N) is 3. The van der Waals surface area contributed by atoms with Crippen molar-refractivity contribution in [2.75, 3.05) is 38.6 Å². The van der Waals surface area contributed by atoms with E-state index in [9.17, 15) is 23.2 Å². The van der Waals surface area contributed by atoms with Gasteiger partial charge in [-0.25, -0.2) is 8.78 Å².